The normalized spacial score (nSPS) is 20.5. The zero-order valence-electron chi connectivity index (χ0n) is 14.8. The van der Waals surface area contributed by atoms with Crippen molar-refractivity contribution in [2.75, 3.05) is 18.4 Å². The Morgan fingerprint density at radius 1 is 1.44 bits per heavy atom. The summed E-state index contributed by atoms with van der Waals surface area (Å²) in [4.78, 5) is 25.8. The molecule has 0 radical (unpaired) electrons. The highest BCUT2D eigenvalue weighted by Crippen LogP contribution is 2.25. The van der Waals surface area contributed by atoms with Crippen LogP contribution in [0.1, 0.15) is 43.7 Å². The number of amides is 2. The van der Waals surface area contributed by atoms with E-state index in [4.69, 9.17) is 5.73 Å². The van der Waals surface area contributed by atoms with Gasteiger partial charge in [-0.15, -0.1) is 12.4 Å². The average Bonchev–Trinajstić information content (AvgIpc) is 2.94. The smallest absolute Gasteiger partial charge is 0.228 e. The molecule has 3 rings (SSSR count). The number of carbonyl (C=O) groups is 2. The van der Waals surface area contributed by atoms with Crippen LogP contribution in [-0.2, 0) is 22.4 Å². The number of nitrogens with two attached hydrogens (primary N) is 1. The van der Waals surface area contributed by atoms with E-state index in [9.17, 15) is 9.59 Å². The number of fused-ring (bicyclic) bond motifs is 1. The quantitative estimate of drug-likeness (QED) is 0.841. The zero-order chi connectivity index (χ0) is 17.1. The van der Waals surface area contributed by atoms with Gasteiger partial charge in [-0.2, -0.15) is 0 Å². The van der Waals surface area contributed by atoms with Crippen molar-refractivity contribution in [3.05, 3.63) is 29.3 Å². The van der Waals surface area contributed by atoms with E-state index in [-0.39, 0.29) is 30.3 Å². The minimum atomic E-state index is 0. The Bertz CT molecular complexity index is 633. The number of likely N-dealkylation sites (tertiary alicyclic amines) is 1. The summed E-state index contributed by atoms with van der Waals surface area (Å²) in [6.07, 6.45) is 4.96. The van der Waals surface area contributed by atoms with Crippen LogP contribution in [-0.4, -0.2) is 35.8 Å². The predicted molar refractivity (Wildman–Crippen MR) is 102 cm³/mol. The highest BCUT2D eigenvalue weighted by molar-refractivity contribution is 5.99. The number of hydrogen-bond acceptors (Lipinski definition) is 3. The summed E-state index contributed by atoms with van der Waals surface area (Å²) < 4.78 is 0. The molecule has 2 atom stereocenters. The Kier molecular flexibility index (Phi) is 6.85. The predicted octanol–water partition coefficient (Wildman–Crippen LogP) is 2.51. The van der Waals surface area contributed by atoms with Crippen molar-refractivity contribution < 1.29 is 9.59 Å². The SMILES string of the molecule is CC(N)C1CCCN(C(=O)CCCc2ccc3c(c2)CC(=O)N3)C1.Cl. The average molecular weight is 366 g/mol. The van der Waals surface area contributed by atoms with Gasteiger partial charge in [-0.05, 0) is 55.7 Å². The maximum Gasteiger partial charge on any atom is 0.228 e. The zero-order valence-corrected chi connectivity index (χ0v) is 15.6. The fourth-order valence-electron chi connectivity index (χ4n) is 3.71. The van der Waals surface area contributed by atoms with Crippen molar-refractivity contribution in [2.24, 2.45) is 11.7 Å². The van der Waals surface area contributed by atoms with Crippen molar-refractivity contribution in [3.63, 3.8) is 0 Å². The molecule has 0 aliphatic carbocycles. The number of nitrogens with one attached hydrogen (secondary N) is 1. The molecular formula is C19H28ClN3O2. The van der Waals surface area contributed by atoms with E-state index >= 15 is 0 Å². The molecule has 0 saturated carbocycles. The van der Waals surface area contributed by atoms with Gasteiger partial charge in [0.05, 0.1) is 6.42 Å². The lowest BCUT2D eigenvalue weighted by molar-refractivity contribution is -0.133. The number of aryl methyl sites for hydroxylation is 1. The Morgan fingerprint density at radius 2 is 2.24 bits per heavy atom. The lowest BCUT2D eigenvalue weighted by Gasteiger charge is -2.34. The molecule has 1 aromatic carbocycles. The number of nitrogens with zero attached hydrogens (tertiary/aromatic N) is 1. The highest BCUT2D eigenvalue weighted by atomic mass is 35.5. The van der Waals surface area contributed by atoms with Gasteiger partial charge in [-0.3, -0.25) is 9.59 Å². The van der Waals surface area contributed by atoms with Crippen LogP contribution in [0.3, 0.4) is 0 Å². The second-order valence-electron chi connectivity index (χ2n) is 7.17. The third-order valence-electron chi connectivity index (χ3n) is 5.20. The summed E-state index contributed by atoms with van der Waals surface area (Å²) >= 11 is 0. The molecule has 6 heteroatoms. The standard InChI is InChI=1S/C19H27N3O2.ClH/c1-13(20)15-5-3-9-22(12-15)19(24)6-2-4-14-7-8-17-16(10-14)11-18(23)21-17;/h7-8,10,13,15H,2-6,9,11-12,20H2,1H3,(H,21,23);1H. The van der Waals surface area contributed by atoms with Crippen molar-refractivity contribution in [2.45, 2.75) is 51.5 Å². The Hall–Kier alpha value is -1.59. The van der Waals surface area contributed by atoms with Crippen LogP contribution >= 0.6 is 12.4 Å². The Morgan fingerprint density at radius 3 is 3.00 bits per heavy atom. The van der Waals surface area contributed by atoms with Gasteiger partial charge in [0, 0.05) is 31.2 Å². The molecule has 5 nitrogen and oxygen atoms in total. The molecule has 2 aliphatic rings. The van der Waals surface area contributed by atoms with Crippen LogP contribution in [0.2, 0.25) is 0 Å². The summed E-state index contributed by atoms with van der Waals surface area (Å²) in [6.45, 7) is 3.71. The molecule has 25 heavy (non-hydrogen) atoms. The maximum absolute atomic E-state index is 12.4. The fourth-order valence-corrected chi connectivity index (χ4v) is 3.71. The summed E-state index contributed by atoms with van der Waals surface area (Å²) in [6, 6.07) is 6.26. The molecule has 2 unspecified atom stereocenters. The largest absolute Gasteiger partial charge is 0.342 e. The molecule has 0 spiro atoms. The topological polar surface area (TPSA) is 75.4 Å². The van der Waals surface area contributed by atoms with Crippen LogP contribution in [0, 0.1) is 5.92 Å². The summed E-state index contributed by atoms with van der Waals surface area (Å²) in [5.74, 6) is 0.744. The number of anilines is 1. The lowest BCUT2D eigenvalue weighted by atomic mass is 9.92. The third-order valence-corrected chi connectivity index (χ3v) is 5.20. The summed E-state index contributed by atoms with van der Waals surface area (Å²) in [7, 11) is 0. The first-order chi connectivity index (χ1) is 11.5. The Labute approximate surface area is 155 Å². The second-order valence-corrected chi connectivity index (χ2v) is 7.17. The van der Waals surface area contributed by atoms with E-state index in [1.54, 1.807) is 0 Å². The van der Waals surface area contributed by atoms with Crippen molar-refractivity contribution in [1.29, 1.82) is 0 Å². The molecule has 1 aromatic rings. The first-order valence-corrected chi connectivity index (χ1v) is 8.98. The number of piperidine rings is 1. The maximum atomic E-state index is 12.4. The number of halogens is 1. The van der Waals surface area contributed by atoms with Gasteiger partial charge in [0.2, 0.25) is 11.8 Å². The van der Waals surface area contributed by atoms with Crippen LogP contribution in [0.5, 0.6) is 0 Å². The lowest BCUT2D eigenvalue weighted by Crippen LogP contribution is -2.45. The first-order valence-electron chi connectivity index (χ1n) is 8.98. The van der Waals surface area contributed by atoms with Crippen LogP contribution in [0.15, 0.2) is 18.2 Å². The molecule has 3 N–H and O–H groups in total. The van der Waals surface area contributed by atoms with Crippen molar-refractivity contribution >= 4 is 29.9 Å². The van der Waals surface area contributed by atoms with Gasteiger partial charge >= 0.3 is 0 Å². The molecule has 2 aliphatic heterocycles. The van der Waals surface area contributed by atoms with Crippen LogP contribution in [0.4, 0.5) is 5.69 Å². The van der Waals surface area contributed by atoms with Gasteiger partial charge in [0.25, 0.3) is 0 Å². The van der Waals surface area contributed by atoms with Gasteiger partial charge in [-0.1, -0.05) is 12.1 Å². The second kappa shape index (κ2) is 8.68. The number of rotatable bonds is 5. The summed E-state index contributed by atoms with van der Waals surface area (Å²) in [5, 5.41) is 2.85. The van der Waals surface area contributed by atoms with E-state index in [0.717, 1.165) is 50.0 Å². The van der Waals surface area contributed by atoms with Crippen molar-refractivity contribution in [1.82, 2.24) is 4.90 Å². The van der Waals surface area contributed by atoms with E-state index in [2.05, 4.69) is 11.4 Å². The molecule has 2 heterocycles. The van der Waals surface area contributed by atoms with Crippen LogP contribution in [0.25, 0.3) is 0 Å². The van der Waals surface area contributed by atoms with Gasteiger partial charge in [0.1, 0.15) is 0 Å². The Balaban J connectivity index is 0.00000225. The first kappa shape index (κ1) is 19.7. The molecular weight excluding hydrogens is 338 g/mol. The fraction of sp³-hybridized carbons (Fsp3) is 0.579. The number of benzene rings is 1. The van der Waals surface area contributed by atoms with Gasteiger partial charge in [0.15, 0.2) is 0 Å². The molecule has 138 valence electrons. The highest BCUT2D eigenvalue weighted by Gasteiger charge is 2.25. The molecule has 2 amide bonds. The van der Waals surface area contributed by atoms with Crippen molar-refractivity contribution in [3.8, 4) is 0 Å². The number of carbonyl (C=O) groups excluding carboxylic acids is 2. The minimum absolute atomic E-state index is 0. The van der Waals surface area contributed by atoms with E-state index in [0.29, 0.717) is 18.8 Å². The molecule has 0 bridgehead atoms. The minimum Gasteiger partial charge on any atom is -0.342 e. The molecule has 1 saturated heterocycles. The number of hydrogen-bond donors (Lipinski definition) is 2. The van der Waals surface area contributed by atoms with Gasteiger partial charge < -0.3 is 16.0 Å². The monoisotopic (exact) mass is 365 g/mol. The van der Waals surface area contributed by atoms with Gasteiger partial charge in [-0.25, -0.2) is 0 Å². The van der Waals surface area contributed by atoms with E-state index in [1.165, 1.54) is 5.56 Å². The third kappa shape index (κ3) is 4.95. The van der Waals surface area contributed by atoms with E-state index < -0.39 is 0 Å². The van der Waals surface area contributed by atoms with E-state index in [1.807, 2.05) is 24.0 Å². The summed E-state index contributed by atoms with van der Waals surface area (Å²) in [5.41, 5.74) is 9.19. The molecule has 1 fully saturated rings. The van der Waals surface area contributed by atoms with Crippen LogP contribution < -0.4 is 11.1 Å². The molecule has 0 aromatic heterocycles.